The normalized spacial score (nSPS) is 14.3. The number of amides is 1. The van der Waals surface area contributed by atoms with Crippen LogP contribution in [0.4, 0.5) is 5.95 Å². The zero-order valence-electron chi connectivity index (χ0n) is 16.5. The molecule has 3 heterocycles. The first-order valence-electron chi connectivity index (χ1n) is 9.67. The molecule has 0 saturated carbocycles. The van der Waals surface area contributed by atoms with Crippen LogP contribution in [-0.2, 0) is 7.05 Å². The van der Waals surface area contributed by atoms with E-state index in [-0.39, 0.29) is 11.5 Å². The van der Waals surface area contributed by atoms with Crippen molar-refractivity contribution in [3.8, 4) is 5.88 Å². The molecule has 0 unspecified atom stereocenters. The number of hydrogen-bond acceptors (Lipinski definition) is 6. The molecule has 8 heteroatoms. The van der Waals surface area contributed by atoms with Gasteiger partial charge >= 0.3 is 0 Å². The zero-order chi connectivity index (χ0) is 20.4. The van der Waals surface area contributed by atoms with Crippen molar-refractivity contribution in [1.82, 2.24) is 19.4 Å². The molecule has 2 aromatic heterocycles. The summed E-state index contributed by atoms with van der Waals surface area (Å²) in [5.74, 6) is 1.00. The van der Waals surface area contributed by atoms with E-state index in [0.29, 0.717) is 55.7 Å². The number of benzene rings is 1. The number of aromatic nitrogens is 3. The Hall–Kier alpha value is -3.42. The number of fused-ring (bicyclic) bond motifs is 1. The lowest BCUT2D eigenvalue weighted by Crippen LogP contribution is -2.50. The number of ether oxygens (including phenoxy) is 1. The third-order valence-electron chi connectivity index (χ3n) is 5.13. The Kier molecular flexibility index (Phi) is 5.16. The van der Waals surface area contributed by atoms with Gasteiger partial charge in [0.25, 0.3) is 11.5 Å². The van der Waals surface area contributed by atoms with E-state index in [4.69, 9.17) is 4.74 Å². The summed E-state index contributed by atoms with van der Waals surface area (Å²) >= 11 is 0. The number of piperazine rings is 1. The van der Waals surface area contributed by atoms with Crippen molar-refractivity contribution >= 4 is 22.6 Å². The van der Waals surface area contributed by atoms with E-state index < -0.39 is 0 Å². The van der Waals surface area contributed by atoms with Crippen molar-refractivity contribution in [3.63, 3.8) is 0 Å². The van der Waals surface area contributed by atoms with Crippen LogP contribution in [0.25, 0.3) is 10.8 Å². The summed E-state index contributed by atoms with van der Waals surface area (Å²) in [6.07, 6.45) is 1.68. The van der Waals surface area contributed by atoms with E-state index in [1.54, 1.807) is 36.3 Å². The van der Waals surface area contributed by atoms with Gasteiger partial charge in [-0.05, 0) is 24.4 Å². The van der Waals surface area contributed by atoms with Gasteiger partial charge in [0.05, 0.1) is 6.61 Å². The van der Waals surface area contributed by atoms with Crippen molar-refractivity contribution in [3.05, 3.63) is 58.6 Å². The molecule has 0 radical (unpaired) electrons. The average Bonchev–Trinajstić information content (AvgIpc) is 2.76. The maximum atomic E-state index is 13.1. The third kappa shape index (κ3) is 3.65. The van der Waals surface area contributed by atoms with Gasteiger partial charge < -0.3 is 19.1 Å². The summed E-state index contributed by atoms with van der Waals surface area (Å²) < 4.78 is 6.88. The fraction of sp³-hybridized carbons (Fsp3) is 0.333. The van der Waals surface area contributed by atoms with Crippen LogP contribution < -0.4 is 15.2 Å². The highest BCUT2D eigenvalue weighted by Crippen LogP contribution is 2.17. The Morgan fingerprint density at radius 2 is 1.90 bits per heavy atom. The summed E-state index contributed by atoms with van der Waals surface area (Å²) in [4.78, 5) is 38.3. The second-order valence-corrected chi connectivity index (χ2v) is 6.89. The minimum atomic E-state index is -0.161. The van der Waals surface area contributed by atoms with Crippen molar-refractivity contribution in [2.24, 2.45) is 7.05 Å². The van der Waals surface area contributed by atoms with Crippen LogP contribution >= 0.6 is 0 Å². The van der Waals surface area contributed by atoms with E-state index in [0.717, 1.165) is 5.39 Å². The number of anilines is 1. The van der Waals surface area contributed by atoms with Gasteiger partial charge in [-0.1, -0.05) is 18.2 Å². The highest BCUT2D eigenvalue weighted by Gasteiger charge is 2.25. The molecule has 3 aromatic rings. The number of nitrogens with zero attached hydrogens (tertiary/aromatic N) is 5. The first-order chi connectivity index (χ1) is 14.1. The molecule has 0 spiro atoms. The first-order valence-corrected chi connectivity index (χ1v) is 9.67. The van der Waals surface area contributed by atoms with Crippen LogP contribution in [0.15, 0.2) is 47.4 Å². The number of hydrogen-bond donors (Lipinski definition) is 0. The molecule has 0 bridgehead atoms. The van der Waals surface area contributed by atoms with E-state index in [1.165, 1.54) is 4.57 Å². The van der Waals surface area contributed by atoms with E-state index in [1.807, 2.05) is 30.0 Å². The Morgan fingerprint density at radius 3 is 2.66 bits per heavy atom. The summed E-state index contributed by atoms with van der Waals surface area (Å²) in [5.41, 5.74) is 0.239. The molecule has 0 aliphatic carbocycles. The highest BCUT2D eigenvalue weighted by atomic mass is 16.5. The van der Waals surface area contributed by atoms with Crippen molar-refractivity contribution in [2.75, 3.05) is 37.7 Å². The Morgan fingerprint density at radius 1 is 1.14 bits per heavy atom. The predicted molar refractivity (Wildman–Crippen MR) is 111 cm³/mol. The fourth-order valence-electron chi connectivity index (χ4n) is 3.54. The SMILES string of the molecule is CCOc1ccnc(N2CCN(C(=O)c3cc4ccccc4c(=O)n3C)CC2)n1. The average molecular weight is 393 g/mol. The molecule has 1 aromatic carbocycles. The van der Waals surface area contributed by atoms with E-state index >= 15 is 0 Å². The minimum absolute atomic E-state index is 0.140. The second kappa shape index (κ2) is 7.90. The van der Waals surface area contributed by atoms with Crippen molar-refractivity contribution < 1.29 is 9.53 Å². The molecule has 150 valence electrons. The number of rotatable bonds is 4. The molecule has 8 nitrogen and oxygen atoms in total. The Labute approximate surface area is 168 Å². The van der Waals surface area contributed by atoms with Crippen LogP contribution in [0, 0.1) is 0 Å². The van der Waals surface area contributed by atoms with Crippen LogP contribution in [0.1, 0.15) is 17.4 Å². The summed E-state index contributed by atoms with van der Waals surface area (Å²) in [5, 5.41) is 1.39. The molecule has 1 saturated heterocycles. The molecule has 0 N–H and O–H groups in total. The number of pyridine rings is 1. The van der Waals surface area contributed by atoms with Gasteiger partial charge in [0.15, 0.2) is 0 Å². The molecule has 1 aliphatic rings. The van der Waals surface area contributed by atoms with E-state index in [9.17, 15) is 9.59 Å². The summed E-state index contributed by atoms with van der Waals surface area (Å²) in [6, 6.07) is 10.8. The lowest BCUT2D eigenvalue weighted by molar-refractivity contribution is 0.0735. The summed E-state index contributed by atoms with van der Waals surface area (Å²) in [6.45, 7) is 4.74. The fourth-order valence-corrected chi connectivity index (χ4v) is 3.54. The molecular formula is C21H23N5O3. The predicted octanol–water partition coefficient (Wildman–Crippen LogP) is 1.69. The van der Waals surface area contributed by atoms with Crippen molar-refractivity contribution in [2.45, 2.75) is 6.92 Å². The largest absolute Gasteiger partial charge is 0.478 e. The van der Waals surface area contributed by atoms with Crippen LogP contribution in [0.5, 0.6) is 5.88 Å². The monoisotopic (exact) mass is 393 g/mol. The van der Waals surface area contributed by atoms with Gasteiger partial charge in [0.2, 0.25) is 11.8 Å². The molecule has 0 atom stereocenters. The van der Waals surface area contributed by atoms with Gasteiger partial charge in [-0.3, -0.25) is 9.59 Å². The Balaban J connectivity index is 1.51. The molecule has 4 rings (SSSR count). The lowest BCUT2D eigenvalue weighted by atomic mass is 10.1. The van der Waals surface area contributed by atoms with Crippen LogP contribution in [0.2, 0.25) is 0 Å². The number of carbonyl (C=O) groups excluding carboxylic acids is 1. The maximum absolute atomic E-state index is 13.1. The topological polar surface area (TPSA) is 80.6 Å². The van der Waals surface area contributed by atoms with Crippen LogP contribution in [-0.4, -0.2) is 58.1 Å². The van der Waals surface area contributed by atoms with Crippen molar-refractivity contribution in [1.29, 1.82) is 0 Å². The molecule has 1 fully saturated rings. The molecule has 1 aliphatic heterocycles. The molecule has 29 heavy (non-hydrogen) atoms. The third-order valence-corrected chi connectivity index (χ3v) is 5.13. The van der Waals surface area contributed by atoms with Gasteiger partial charge in [0, 0.05) is 50.9 Å². The van der Waals surface area contributed by atoms with Gasteiger partial charge in [0.1, 0.15) is 5.69 Å². The minimum Gasteiger partial charge on any atom is -0.478 e. The van der Waals surface area contributed by atoms with Gasteiger partial charge in [-0.25, -0.2) is 4.98 Å². The summed E-state index contributed by atoms with van der Waals surface area (Å²) in [7, 11) is 1.64. The smallest absolute Gasteiger partial charge is 0.270 e. The first kappa shape index (κ1) is 18.9. The molecular weight excluding hydrogens is 370 g/mol. The van der Waals surface area contributed by atoms with E-state index in [2.05, 4.69) is 9.97 Å². The lowest BCUT2D eigenvalue weighted by Gasteiger charge is -2.35. The highest BCUT2D eigenvalue weighted by molar-refractivity contribution is 5.96. The van der Waals surface area contributed by atoms with Gasteiger partial charge in [-0.2, -0.15) is 4.98 Å². The number of carbonyl (C=O) groups is 1. The second-order valence-electron chi connectivity index (χ2n) is 6.89. The standard InChI is InChI=1S/C21H23N5O3/c1-3-29-18-8-9-22-21(23-18)26-12-10-25(11-13-26)20(28)17-14-15-6-4-5-7-16(15)19(27)24(17)2/h4-9,14H,3,10-13H2,1-2H3. The Bertz CT molecular complexity index is 1100. The van der Waals surface area contributed by atoms with Gasteiger partial charge in [-0.15, -0.1) is 0 Å². The molecule has 1 amide bonds. The quantitative estimate of drug-likeness (QED) is 0.671. The maximum Gasteiger partial charge on any atom is 0.270 e. The zero-order valence-corrected chi connectivity index (χ0v) is 16.5. The van der Waals surface area contributed by atoms with Crippen LogP contribution in [0.3, 0.4) is 0 Å².